The van der Waals surface area contributed by atoms with E-state index < -0.39 is 21.9 Å². The minimum Gasteiger partial charge on any atom is -0.465 e. The number of primary sulfonamides is 1. The van der Waals surface area contributed by atoms with Gasteiger partial charge in [0, 0.05) is 12.6 Å². The number of fused-ring (bicyclic) bond motifs is 1. The van der Waals surface area contributed by atoms with Crippen LogP contribution in [0.5, 0.6) is 0 Å². The first-order chi connectivity index (χ1) is 13.6. The first kappa shape index (κ1) is 20.9. The summed E-state index contributed by atoms with van der Waals surface area (Å²) in [6.07, 6.45) is 1.55. The third kappa shape index (κ3) is 4.28. The Morgan fingerprint density at radius 1 is 1.34 bits per heavy atom. The van der Waals surface area contributed by atoms with Gasteiger partial charge in [0.25, 0.3) is 5.91 Å². The zero-order chi connectivity index (χ0) is 21.3. The summed E-state index contributed by atoms with van der Waals surface area (Å²) >= 11 is 1.07. The summed E-state index contributed by atoms with van der Waals surface area (Å²) < 4.78 is 31.7. The van der Waals surface area contributed by atoms with Crippen LogP contribution >= 0.6 is 11.3 Å². The van der Waals surface area contributed by atoms with E-state index in [9.17, 15) is 18.0 Å². The minimum atomic E-state index is -3.90. The predicted molar refractivity (Wildman–Crippen MR) is 106 cm³/mol. The number of aryl methyl sites for hydroxylation is 2. The number of aromatic nitrogens is 3. The van der Waals surface area contributed by atoms with Crippen LogP contribution in [0.1, 0.15) is 23.0 Å². The minimum absolute atomic E-state index is 0.0742. The van der Waals surface area contributed by atoms with Crippen LogP contribution in [0, 0.1) is 6.92 Å². The molecule has 29 heavy (non-hydrogen) atoms. The van der Waals surface area contributed by atoms with Gasteiger partial charge in [-0.05, 0) is 32.0 Å². The third-order valence-electron chi connectivity index (χ3n) is 4.10. The van der Waals surface area contributed by atoms with Gasteiger partial charge in [0.2, 0.25) is 10.0 Å². The van der Waals surface area contributed by atoms with E-state index >= 15 is 0 Å². The number of carbonyl (C=O) groups excluding carboxylic acids is 2. The van der Waals surface area contributed by atoms with Gasteiger partial charge in [-0.15, -0.1) is 0 Å². The average Bonchev–Trinajstić information content (AvgIpc) is 3.13. The smallest absolute Gasteiger partial charge is 0.326 e. The number of sulfonamides is 1. The third-order valence-corrected chi connectivity index (χ3v) is 6.05. The first-order valence-corrected chi connectivity index (χ1v) is 10.9. The highest BCUT2D eigenvalue weighted by Crippen LogP contribution is 2.21. The van der Waals surface area contributed by atoms with Crippen molar-refractivity contribution < 1.29 is 22.7 Å². The maximum absolute atomic E-state index is 12.7. The Morgan fingerprint density at radius 3 is 2.66 bits per heavy atom. The number of thiazole rings is 1. The maximum Gasteiger partial charge on any atom is 0.326 e. The van der Waals surface area contributed by atoms with Gasteiger partial charge in [0.05, 0.1) is 27.9 Å². The van der Waals surface area contributed by atoms with Gasteiger partial charge < -0.3 is 9.30 Å². The predicted octanol–water partition coefficient (Wildman–Crippen LogP) is 0.696. The molecule has 2 heterocycles. The molecule has 0 atom stereocenters. The van der Waals surface area contributed by atoms with Crippen molar-refractivity contribution >= 4 is 43.5 Å². The summed E-state index contributed by atoms with van der Waals surface area (Å²) in [4.78, 5) is 29.1. The van der Waals surface area contributed by atoms with E-state index in [0.29, 0.717) is 21.5 Å². The summed E-state index contributed by atoms with van der Waals surface area (Å²) in [6, 6.07) is 4.24. The summed E-state index contributed by atoms with van der Waals surface area (Å²) in [7, 11) is -2.27. The molecule has 12 heteroatoms. The fourth-order valence-electron chi connectivity index (χ4n) is 2.80. The zero-order valence-electron chi connectivity index (χ0n) is 15.9. The molecule has 154 valence electrons. The SMILES string of the molecule is CCOC(=O)Cn1c(=NC(=O)c2c(C)cnn2C)sc2cc(S(N)(=O)=O)ccc21. The Hall–Kier alpha value is -2.83. The Bertz CT molecular complexity index is 1260. The van der Waals surface area contributed by atoms with Crippen molar-refractivity contribution in [3.63, 3.8) is 0 Å². The molecule has 0 saturated carbocycles. The van der Waals surface area contributed by atoms with Gasteiger partial charge in [-0.25, -0.2) is 13.6 Å². The number of esters is 1. The van der Waals surface area contributed by atoms with Crippen molar-refractivity contribution in [3.05, 3.63) is 40.5 Å². The number of carbonyl (C=O) groups is 2. The Labute approximate surface area is 170 Å². The fourth-order valence-corrected chi connectivity index (χ4v) is 4.48. The summed E-state index contributed by atoms with van der Waals surface area (Å²) in [5.74, 6) is -1.04. The van der Waals surface area contributed by atoms with E-state index in [2.05, 4.69) is 10.1 Å². The molecule has 3 aromatic rings. The number of nitrogens with zero attached hydrogens (tertiary/aromatic N) is 4. The lowest BCUT2D eigenvalue weighted by Crippen LogP contribution is -2.23. The second-order valence-electron chi connectivity index (χ2n) is 6.17. The maximum atomic E-state index is 12.7. The number of hydrogen-bond donors (Lipinski definition) is 1. The largest absolute Gasteiger partial charge is 0.465 e. The van der Waals surface area contributed by atoms with Gasteiger partial charge in [0.15, 0.2) is 4.80 Å². The highest BCUT2D eigenvalue weighted by molar-refractivity contribution is 7.89. The molecule has 0 saturated heterocycles. The van der Waals surface area contributed by atoms with E-state index in [0.717, 1.165) is 11.3 Å². The fraction of sp³-hybridized carbons (Fsp3) is 0.294. The van der Waals surface area contributed by atoms with Crippen molar-refractivity contribution in [1.29, 1.82) is 0 Å². The normalized spacial score (nSPS) is 12.5. The van der Waals surface area contributed by atoms with Crippen LogP contribution in [0.25, 0.3) is 10.2 Å². The highest BCUT2D eigenvalue weighted by Gasteiger charge is 2.18. The number of benzene rings is 1. The molecule has 0 aliphatic carbocycles. The van der Waals surface area contributed by atoms with Crippen LogP contribution in [-0.2, 0) is 33.1 Å². The first-order valence-electron chi connectivity index (χ1n) is 8.51. The molecule has 2 aromatic heterocycles. The number of rotatable bonds is 5. The lowest BCUT2D eigenvalue weighted by molar-refractivity contribution is -0.143. The quantitative estimate of drug-likeness (QED) is 0.583. The second kappa shape index (κ2) is 7.89. The number of ether oxygens (including phenoxy) is 1. The van der Waals surface area contributed by atoms with E-state index in [1.54, 1.807) is 27.1 Å². The second-order valence-corrected chi connectivity index (χ2v) is 8.74. The van der Waals surface area contributed by atoms with Gasteiger partial charge in [-0.1, -0.05) is 11.3 Å². The van der Waals surface area contributed by atoms with Crippen LogP contribution in [0.4, 0.5) is 0 Å². The summed E-state index contributed by atoms with van der Waals surface area (Å²) in [5, 5.41) is 9.23. The van der Waals surface area contributed by atoms with Crippen molar-refractivity contribution in [1.82, 2.24) is 14.3 Å². The molecule has 0 aliphatic heterocycles. The molecule has 0 bridgehead atoms. The number of hydrogen-bond acceptors (Lipinski definition) is 7. The van der Waals surface area contributed by atoms with Crippen LogP contribution in [0.2, 0.25) is 0 Å². The van der Waals surface area contributed by atoms with Gasteiger partial charge in [-0.3, -0.25) is 14.3 Å². The topological polar surface area (TPSA) is 139 Å². The average molecular weight is 438 g/mol. The van der Waals surface area contributed by atoms with Crippen LogP contribution in [0.15, 0.2) is 34.3 Å². The molecule has 1 aromatic carbocycles. The van der Waals surface area contributed by atoms with Gasteiger partial charge in [0.1, 0.15) is 12.2 Å². The van der Waals surface area contributed by atoms with E-state index in [-0.39, 0.29) is 22.8 Å². The van der Waals surface area contributed by atoms with Crippen molar-refractivity contribution in [2.45, 2.75) is 25.3 Å². The van der Waals surface area contributed by atoms with E-state index in [1.807, 2.05) is 0 Å². The van der Waals surface area contributed by atoms with Crippen molar-refractivity contribution in [2.75, 3.05) is 6.61 Å². The highest BCUT2D eigenvalue weighted by atomic mass is 32.2. The van der Waals surface area contributed by atoms with Crippen LogP contribution in [-0.4, -0.2) is 41.2 Å². The number of nitrogens with two attached hydrogens (primary N) is 1. The summed E-state index contributed by atoms with van der Waals surface area (Å²) in [6.45, 7) is 3.45. The molecule has 10 nitrogen and oxygen atoms in total. The molecule has 0 spiro atoms. The summed E-state index contributed by atoms with van der Waals surface area (Å²) in [5.41, 5.74) is 1.51. The van der Waals surface area contributed by atoms with E-state index in [1.165, 1.54) is 27.4 Å². The lowest BCUT2D eigenvalue weighted by Gasteiger charge is -2.05. The Morgan fingerprint density at radius 2 is 2.07 bits per heavy atom. The molecule has 0 radical (unpaired) electrons. The molecule has 3 rings (SSSR count). The van der Waals surface area contributed by atoms with Crippen LogP contribution in [0.3, 0.4) is 0 Å². The number of amides is 1. The Kier molecular flexibility index (Phi) is 5.68. The van der Waals surface area contributed by atoms with E-state index in [4.69, 9.17) is 9.88 Å². The molecular weight excluding hydrogens is 418 g/mol. The molecule has 0 unspecified atom stereocenters. The molecule has 0 fully saturated rings. The molecule has 1 amide bonds. The van der Waals surface area contributed by atoms with Crippen LogP contribution < -0.4 is 9.94 Å². The molecule has 2 N–H and O–H groups in total. The monoisotopic (exact) mass is 437 g/mol. The zero-order valence-corrected chi connectivity index (χ0v) is 17.6. The standard InChI is InChI=1S/C17H19N5O5S2/c1-4-27-14(23)9-22-12-6-5-11(29(18,25)26)7-13(12)28-17(22)20-16(24)15-10(2)8-19-21(15)3/h5-8H,4,9H2,1-3H3,(H2,18,25,26). The molecular formula is C17H19N5O5S2. The van der Waals surface area contributed by atoms with Gasteiger partial charge >= 0.3 is 5.97 Å². The lowest BCUT2D eigenvalue weighted by atomic mass is 10.3. The van der Waals surface area contributed by atoms with Crippen molar-refractivity contribution in [2.24, 2.45) is 17.2 Å². The van der Waals surface area contributed by atoms with Crippen molar-refractivity contribution in [3.8, 4) is 0 Å². The van der Waals surface area contributed by atoms with Gasteiger partial charge in [-0.2, -0.15) is 10.1 Å². The molecule has 0 aliphatic rings. The Balaban J connectivity index is 2.20.